The molecule has 0 aromatic heterocycles. The Morgan fingerprint density at radius 3 is 1.14 bits per heavy atom. The zero-order valence-corrected chi connectivity index (χ0v) is 28.7. The lowest BCUT2D eigenvalue weighted by molar-refractivity contribution is -0.0408. The van der Waals surface area contributed by atoms with Crippen LogP contribution >= 0.6 is 15.6 Å². The van der Waals surface area contributed by atoms with Crippen molar-refractivity contribution in [2.45, 2.75) is 63.4 Å². The largest absolute Gasteiger partial charge is 0.469 e. The molecule has 2 amide bonds. The number of rotatable bonds is 14. The number of hydrogen-bond donors (Lipinski definition) is 6. The molecule has 1 aliphatic heterocycles. The molecule has 1 saturated heterocycles. The third-order valence-electron chi connectivity index (χ3n) is 8.56. The first kappa shape index (κ1) is 37.5. The first-order valence-electron chi connectivity index (χ1n) is 15.8. The minimum absolute atomic E-state index is 0.0486. The molecular weight excluding hydrogens is 686 g/mol. The van der Waals surface area contributed by atoms with Crippen molar-refractivity contribution in [2.75, 3.05) is 0 Å². The van der Waals surface area contributed by atoms with Crippen molar-refractivity contribution in [3.8, 4) is 0 Å². The molecule has 1 fully saturated rings. The summed E-state index contributed by atoms with van der Waals surface area (Å²) in [4.78, 5) is 54.2. The van der Waals surface area contributed by atoms with Crippen LogP contribution in [-0.2, 0) is 57.3 Å². The van der Waals surface area contributed by atoms with Gasteiger partial charge in [0.15, 0.2) is 0 Å². The second kappa shape index (κ2) is 16.5. The number of carbonyl (C=O) groups excluding carboxylic acids is 1. The Balaban J connectivity index is 1.50. The summed E-state index contributed by atoms with van der Waals surface area (Å²) in [6.45, 7) is -0.526. The molecule has 1 heterocycles. The molecule has 1 aliphatic rings. The molecule has 4 aromatic carbocycles. The zero-order valence-electron chi connectivity index (χ0n) is 27.0. The fourth-order valence-electron chi connectivity index (χ4n) is 6.01. The summed E-state index contributed by atoms with van der Waals surface area (Å²) in [5.74, 6) is 0. The molecule has 15 heteroatoms. The predicted molar refractivity (Wildman–Crippen MR) is 183 cm³/mol. The Morgan fingerprint density at radius 2 is 0.820 bits per heavy atom. The number of aliphatic hydroxyl groups excluding tert-OH is 2. The molecule has 0 radical (unpaired) electrons. The molecule has 0 unspecified atom stereocenters. The number of amides is 2. The van der Waals surface area contributed by atoms with Gasteiger partial charge in [-0.1, -0.05) is 109 Å². The molecule has 6 N–H and O–H groups in total. The van der Waals surface area contributed by atoms with Gasteiger partial charge in [0.05, 0.1) is 25.3 Å². The van der Waals surface area contributed by atoms with Gasteiger partial charge in [0.25, 0.3) is 0 Å². The van der Waals surface area contributed by atoms with Crippen LogP contribution in [-0.4, -0.2) is 69.9 Å². The molecule has 266 valence electrons. The van der Waals surface area contributed by atoms with E-state index in [9.17, 15) is 24.1 Å². The van der Waals surface area contributed by atoms with Crippen LogP contribution in [0.15, 0.2) is 109 Å². The van der Waals surface area contributed by atoms with Crippen molar-refractivity contribution < 1.29 is 52.8 Å². The van der Waals surface area contributed by atoms with Crippen LogP contribution in [0.25, 0.3) is 0 Å². The highest BCUT2D eigenvalue weighted by Crippen LogP contribution is 2.38. The topological polar surface area (TPSA) is 198 Å². The molecule has 0 aliphatic carbocycles. The van der Waals surface area contributed by atoms with E-state index in [2.05, 4.69) is 9.05 Å². The molecule has 50 heavy (non-hydrogen) atoms. The van der Waals surface area contributed by atoms with Crippen molar-refractivity contribution in [1.29, 1.82) is 0 Å². The van der Waals surface area contributed by atoms with Crippen LogP contribution in [0.5, 0.6) is 0 Å². The summed E-state index contributed by atoms with van der Waals surface area (Å²) >= 11 is 0. The van der Waals surface area contributed by atoms with Gasteiger partial charge in [0, 0.05) is 13.1 Å². The number of aliphatic hydroxyl groups is 2. The smallest absolute Gasteiger partial charge is 0.388 e. The molecule has 4 aromatic rings. The van der Waals surface area contributed by atoms with Crippen LogP contribution in [0.1, 0.15) is 33.4 Å². The predicted octanol–water partition coefficient (Wildman–Crippen LogP) is 4.29. The van der Waals surface area contributed by atoms with Gasteiger partial charge in [-0.3, -0.25) is 9.05 Å². The van der Waals surface area contributed by atoms with E-state index in [-0.39, 0.29) is 39.1 Å². The van der Waals surface area contributed by atoms with E-state index >= 15 is 0 Å². The highest BCUT2D eigenvalue weighted by molar-refractivity contribution is 7.46. The van der Waals surface area contributed by atoms with E-state index in [4.69, 9.17) is 19.6 Å². The Bertz CT molecular complexity index is 1650. The van der Waals surface area contributed by atoms with Gasteiger partial charge in [0.2, 0.25) is 0 Å². The molecule has 0 saturated carbocycles. The lowest BCUT2D eigenvalue weighted by atomic mass is 9.91. The average molecular weight is 727 g/mol. The summed E-state index contributed by atoms with van der Waals surface area (Å²) in [7, 11) is -9.34. The first-order chi connectivity index (χ1) is 23.8. The normalized spacial score (nSPS) is 20.2. The summed E-state index contributed by atoms with van der Waals surface area (Å²) in [5.41, 5.74) is 4.08. The Labute approximate surface area is 289 Å². The Morgan fingerprint density at radius 1 is 0.500 bits per heavy atom. The molecule has 4 atom stereocenters. The third-order valence-corrected chi connectivity index (χ3v) is 9.49. The van der Waals surface area contributed by atoms with Gasteiger partial charge in [-0.2, -0.15) is 0 Å². The number of carbonyl (C=O) groups is 1. The third kappa shape index (κ3) is 10.6. The van der Waals surface area contributed by atoms with E-state index in [1.54, 1.807) is 58.3 Å². The molecular formula is C35H40N2O11P2. The van der Waals surface area contributed by atoms with E-state index in [0.29, 0.717) is 22.3 Å². The van der Waals surface area contributed by atoms with Gasteiger partial charge in [-0.05, 0) is 46.2 Å². The molecule has 0 bridgehead atoms. The number of urea groups is 1. The number of phosphoric acid groups is 2. The molecule has 13 nitrogen and oxygen atoms in total. The lowest BCUT2D eigenvalue weighted by Crippen LogP contribution is -2.50. The van der Waals surface area contributed by atoms with Crippen LogP contribution < -0.4 is 0 Å². The Kier molecular flexibility index (Phi) is 12.4. The monoisotopic (exact) mass is 726 g/mol. The van der Waals surface area contributed by atoms with Gasteiger partial charge < -0.3 is 39.6 Å². The van der Waals surface area contributed by atoms with Crippen molar-refractivity contribution in [3.63, 3.8) is 0 Å². The Hall–Kier alpha value is -3.71. The van der Waals surface area contributed by atoms with Crippen molar-refractivity contribution in [3.05, 3.63) is 143 Å². The summed E-state index contributed by atoms with van der Waals surface area (Å²) in [6, 6.07) is 30.0. The van der Waals surface area contributed by atoms with Gasteiger partial charge in [-0.15, -0.1) is 0 Å². The second-order valence-electron chi connectivity index (χ2n) is 12.2. The maximum Gasteiger partial charge on any atom is 0.469 e. The fourth-order valence-corrected chi connectivity index (χ4v) is 6.64. The lowest BCUT2D eigenvalue weighted by Gasteiger charge is -2.36. The maximum absolute atomic E-state index is 14.8. The quantitative estimate of drug-likeness (QED) is 0.101. The van der Waals surface area contributed by atoms with Crippen LogP contribution in [0.3, 0.4) is 0 Å². The summed E-state index contributed by atoms with van der Waals surface area (Å²) in [5, 5.41) is 23.8. The first-order valence-corrected chi connectivity index (χ1v) is 18.9. The zero-order chi connectivity index (χ0) is 35.9. The average Bonchev–Trinajstić information content (AvgIpc) is 3.15. The maximum atomic E-state index is 14.8. The van der Waals surface area contributed by atoms with Gasteiger partial charge in [0.1, 0.15) is 12.2 Å². The van der Waals surface area contributed by atoms with Crippen LogP contribution in [0, 0.1) is 0 Å². The van der Waals surface area contributed by atoms with E-state index < -0.39 is 46.0 Å². The minimum atomic E-state index is -4.67. The number of phosphoric ester groups is 2. The minimum Gasteiger partial charge on any atom is -0.388 e. The van der Waals surface area contributed by atoms with Crippen molar-refractivity contribution in [2.24, 2.45) is 0 Å². The summed E-state index contributed by atoms with van der Waals surface area (Å²) < 4.78 is 31.6. The molecule has 5 rings (SSSR count). The second-order valence-corrected chi connectivity index (χ2v) is 14.7. The van der Waals surface area contributed by atoms with E-state index in [1.807, 2.05) is 60.7 Å². The fraction of sp³-hybridized carbons (Fsp3) is 0.286. The van der Waals surface area contributed by atoms with Gasteiger partial charge in [-0.25, -0.2) is 13.9 Å². The van der Waals surface area contributed by atoms with E-state index in [1.165, 1.54) is 0 Å². The number of benzene rings is 4. The van der Waals surface area contributed by atoms with Crippen molar-refractivity contribution >= 4 is 21.7 Å². The van der Waals surface area contributed by atoms with Crippen LogP contribution in [0.2, 0.25) is 0 Å². The number of nitrogens with zero attached hydrogens (tertiary/aromatic N) is 2. The SMILES string of the molecule is O=C1N(Cc2ccc(COP(=O)(O)O)cc2)[C@H](Cc2ccccc2)[C@H](O)[C@@H](O)[C@@H](Cc2ccccc2)N1Cc1ccc(COP(=O)(O)O)cc1. The van der Waals surface area contributed by atoms with Crippen LogP contribution in [0.4, 0.5) is 4.79 Å². The highest BCUT2D eigenvalue weighted by atomic mass is 31.2. The number of hydrogen-bond acceptors (Lipinski definition) is 7. The van der Waals surface area contributed by atoms with E-state index in [0.717, 1.165) is 11.1 Å². The van der Waals surface area contributed by atoms with Crippen molar-refractivity contribution in [1.82, 2.24) is 9.80 Å². The standard InChI is InChI=1S/C35H40N2O11P2/c38-33-31(19-25-7-3-1-4-8-25)36(21-27-11-15-29(16-12-27)23-47-49(41,42)43)35(40)37(32(34(33)39)20-26-9-5-2-6-10-26)22-28-13-17-30(18-14-28)24-48-50(44,45)46/h1-18,31-34,38-39H,19-24H2,(H2,41,42,43)(H2,44,45,46)/t31-,32-,33+,34+/m1/s1. The summed E-state index contributed by atoms with van der Waals surface area (Å²) in [6.07, 6.45) is -2.19. The highest BCUT2D eigenvalue weighted by Gasteiger charge is 2.46. The van der Waals surface area contributed by atoms with Gasteiger partial charge >= 0.3 is 21.7 Å². The molecule has 0 spiro atoms.